The van der Waals surface area contributed by atoms with Gasteiger partial charge in [-0.15, -0.1) is 24.0 Å². The first-order valence-electron chi connectivity index (χ1n) is 11.5. The first kappa shape index (κ1) is 25.4. The second-order valence-corrected chi connectivity index (χ2v) is 8.67. The van der Waals surface area contributed by atoms with Gasteiger partial charge in [-0.05, 0) is 69.8 Å². The zero-order chi connectivity index (χ0) is 20.4. The minimum Gasteiger partial charge on any atom is -0.381 e. The number of halogens is 1. The minimum atomic E-state index is 0. The van der Waals surface area contributed by atoms with E-state index in [1.165, 1.54) is 56.4 Å². The predicted molar refractivity (Wildman–Crippen MR) is 137 cm³/mol. The summed E-state index contributed by atoms with van der Waals surface area (Å²) >= 11 is 0. The Balaban J connectivity index is 0.00000320. The Morgan fingerprint density at radius 1 is 1.07 bits per heavy atom. The molecule has 6 heteroatoms. The molecule has 5 nitrogen and oxygen atoms in total. The Kier molecular flexibility index (Phi) is 11.5. The van der Waals surface area contributed by atoms with Crippen LogP contribution in [0, 0.1) is 6.92 Å². The number of rotatable bonds is 7. The number of hydrogen-bond donors (Lipinski definition) is 2. The monoisotopic (exact) mass is 528 g/mol. The molecule has 2 aliphatic rings. The topological polar surface area (TPSA) is 48.9 Å². The number of aryl methyl sites for hydroxylation is 1. The van der Waals surface area contributed by atoms with Gasteiger partial charge in [0.05, 0.1) is 0 Å². The van der Waals surface area contributed by atoms with Crippen molar-refractivity contribution < 1.29 is 4.74 Å². The van der Waals surface area contributed by atoms with Crippen LogP contribution in [-0.2, 0) is 10.2 Å². The van der Waals surface area contributed by atoms with Crippen molar-refractivity contribution in [3.05, 3.63) is 35.4 Å². The van der Waals surface area contributed by atoms with Gasteiger partial charge >= 0.3 is 0 Å². The second kappa shape index (κ2) is 13.5. The summed E-state index contributed by atoms with van der Waals surface area (Å²) in [5.74, 6) is 0.917. The van der Waals surface area contributed by atoms with Crippen LogP contribution in [-0.4, -0.2) is 63.8 Å². The SMILES string of the molecule is CN=C(NCCCN1CCCCCC1)NCC1(c2ccccc2C)CCOCC1.I. The Labute approximate surface area is 200 Å². The van der Waals surface area contributed by atoms with E-state index in [-0.39, 0.29) is 29.4 Å². The Morgan fingerprint density at radius 2 is 1.77 bits per heavy atom. The number of nitrogens with zero attached hydrogens (tertiary/aromatic N) is 2. The summed E-state index contributed by atoms with van der Waals surface area (Å²) < 4.78 is 5.69. The quantitative estimate of drug-likeness (QED) is 0.242. The zero-order valence-electron chi connectivity index (χ0n) is 18.9. The van der Waals surface area contributed by atoms with Crippen LogP contribution < -0.4 is 10.6 Å². The molecule has 2 saturated heterocycles. The summed E-state index contributed by atoms with van der Waals surface area (Å²) in [5, 5.41) is 7.15. The van der Waals surface area contributed by atoms with Gasteiger partial charge in [0.1, 0.15) is 0 Å². The molecule has 1 aromatic carbocycles. The summed E-state index contributed by atoms with van der Waals surface area (Å²) in [5.41, 5.74) is 2.94. The van der Waals surface area contributed by atoms with Crippen molar-refractivity contribution in [2.45, 2.75) is 57.3 Å². The fourth-order valence-electron chi connectivity index (χ4n) is 4.81. The van der Waals surface area contributed by atoms with E-state index >= 15 is 0 Å². The van der Waals surface area contributed by atoms with Crippen molar-refractivity contribution in [3.8, 4) is 0 Å². The lowest BCUT2D eigenvalue weighted by Crippen LogP contribution is -2.48. The van der Waals surface area contributed by atoms with Gasteiger partial charge in [0.15, 0.2) is 5.96 Å². The van der Waals surface area contributed by atoms with Gasteiger partial charge in [-0.3, -0.25) is 4.99 Å². The standard InChI is InChI=1S/C24H40N4O.HI/c1-21-10-5-6-11-22(21)24(12-18-29-19-13-24)20-27-23(25-2)26-14-9-17-28-15-7-3-4-8-16-28;/h5-6,10-11H,3-4,7-9,12-20H2,1-2H3,(H2,25,26,27);1H. The molecule has 0 spiro atoms. The zero-order valence-corrected chi connectivity index (χ0v) is 21.3. The highest BCUT2D eigenvalue weighted by molar-refractivity contribution is 14.0. The van der Waals surface area contributed by atoms with Crippen molar-refractivity contribution in [1.82, 2.24) is 15.5 Å². The van der Waals surface area contributed by atoms with Crippen molar-refractivity contribution in [3.63, 3.8) is 0 Å². The molecule has 0 aromatic heterocycles. The molecule has 0 amide bonds. The number of nitrogens with one attached hydrogen (secondary N) is 2. The molecule has 0 aliphatic carbocycles. The van der Waals surface area contributed by atoms with Gasteiger partial charge < -0.3 is 20.3 Å². The fraction of sp³-hybridized carbons (Fsp3) is 0.708. The molecule has 2 N–H and O–H groups in total. The molecular weight excluding hydrogens is 487 g/mol. The van der Waals surface area contributed by atoms with Crippen molar-refractivity contribution in [2.24, 2.45) is 4.99 Å². The molecule has 30 heavy (non-hydrogen) atoms. The third-order valence-corrected chi connectivity index (χ3v) is 6.63. The third kappa shape index (κ3) is 7.38. The number of likely N-dealkylation sites (tertiary alicyclic amines) is 1. The molecule has 2 aliphatic heterocycles. The van der Waals surface area contributed by atoms with Crippen molar-refractivity contribution >= 4 is 29.9 Å². The number of ether oxygens (including phenoxy) is 1. The number of aliphatic imine (C=N–C) groups is 1. The summed E-state index contributed by atoms with van der Waals surface area (Å²) in [6.45, 7) is 9.48. The van der Waals surface area contributed by atoms with Gasteiger partial charge in [0, 0.05) is 38.8 Å². The third-order valence-electron chi connectivity index (χ3n) is 6.63. The van der Waals surface area contributed by atoms with E-state index in [1.54, 1.807) is 0 Å². The average Bonchev–Trinajstić information content (AvgIpc) is 3.03. The van der Waals surface area contributed by atoms with Crippen molar-refractivity contribution in [1.29, 1.82) is 0 Å². The molecule has 1 aromatic rings. The van der Waals surface area contributed by atoms with Gasteiger partial charge in [-0.1, -0.05) is 37.1 Å². The lowest BCUT2D eigenvalue weighted by atomic mass is 9.72. The van der Waals surface area contributed by atoms with Crippen LogP contribution in [0.25, 0.3) is 0 Å². The highest BCUT2D eigenvalue weighted by atomic mass is 127. The van der Waals surface area contributed by atoms with E-state index in [9.17, 15) is 0 Å². The predicted octanol–water partition coefficient (Wildman–Crippen LogP) is 4.09. The van der Waals surface area contributed by atoms with E-state index in [1.807, 2.05) is 7.05 Å². The normalized spacial score (nSPS) is 20.1. The Bertz CT molecular complexity index is 638. The Hall–Kier alpha value is -0.860. The molecule has 0 radical (unpaired) electrons. The van der Waals surface area contributed by atoms with Gasteiger partial charge in [-0.2, -0.15) is 0 Å². The lowest BCUT2D eigenvalue weighted by molar-refractivity contribution is 0.0512. The maximum Gasteiger partial charge on any atom is 0.191 e. The fourth-order valence-corrected chi connectivity index (χ4v) is 4.81. The summed E-state index contributed by atoms with van der Waals surface area (Å²) in [6, 6.07) is 8.81. The minimum absolute atomic E-state index is 0. The van der Waals surface area contributed by atoms with Crippen LogP contribution in [0.2, 0.25) is 0 Å². The van der Waals surface area contributed by atoms with Crippen LogP contribution in [0.1, 0.15) is 56.1 Å². The molecule has 0 unspecified atom stereocenters. The number of hydrogen-bond acceptors (Lipinski definition) is 3. The molecule has 3 rings (SSSR count). The molecule has 170 valence electrons. The van der Waals surface area contributed by atoms with E-state index in [2.05, 4.69) is 51.7 Å². The average molecular weight is 529 g/mol. The van der Waals surface area contributed by atoms with Crippen LogP contribution in [0.3, 0.4) is 0 Å². The van der Waals surface area contributed by atoms with E-state index in [4.69, 9.17) is 4.74 Å². The van der Waals surface area contributed by atoms with Crippen LogP contribution in [0.4, 0.5) is 0 Å². The van der Waals surface area contributed by atoms with E-state index in [0.717, 1.165) is 51.5 Å². The van der Waals surface area contributed by atoms with Crippen LogP contribution >= 0.6 is 24.0 Å². The highest BCUT2D eigenvalue weighted by Crippen LogP contribution is 2.36. The maximum absolute atomic E-state index is 5.69. The largest absolute Gasteiger partial charge is 0.381 e. The number of guanidine groups is 1. The first-order valence-corrected chi connectivity index (χ1v) is 11.5. The summed E-state index contributed by atoms with van der Waals surface area (Å²) in [7, 11) is 1.87. The number of benzene rings is 1. The van der Waals surface area contributed by atoms with Gasteiger partial charge in [0.2, 0.25) is 0 Å². The summed E-state index contributed by atoms with van der Waals surface area (Å²) in [6.07, 6.45) is 8.80. The van der Waals surface area contributed by atoms with E-state index in [0.29, 0.717) is 0 Å². The second-order valence-electron chi connectivity index (χ2n) is 8.67. The first-order chi connectivity index (χ1) is 14.2. The summed E-state index contributed by atoms with van der Waals surface area (Å²) in [4.78, 5) is 7.09. The molecule has 2 fully saturated rings. The van der Waals surface area contributed by atoms with Gasteiger partial charge in [0.25, 0.3) is 0 Å². The lowest BCUT2D eigenvalue weighted by Gasteiger charge is -2.39. The highest BCUT2D eigenvalue weighted by Gasteiger charge is 2.35. The molecule has 0 bridgehead atoms. The smallest absolute Gasteiger partial charge is 0.191 e. The van der Waals surface area contributed by atoms with Crippen LogP contribution in [0.5, 0.6) is 0 Å². The van der Waals surface area contributed by atoms with Crippen LogP contribution in [0.15, 0.2) is 29.3 Å². The maximum atomic E-state index is 5.69. The Morgan fingerprint density at radius 3 is 2.43 bits per heavy atom. The van der Waals surface area contributed by atoms with E-state index < -0.39 is 0 Å². The van der Waals surface area contributed by atoms with Crippen molar-refractivity contribution in [2.75, 3.05) is 53.0 Å². The molecule has 2 heterocycles. The molecule has 0 atom stereocenters. The van der Waals surface area contributed by atoms with Gasteiger partial charge in [-0.25, -0.2) is 0 Å². The molecular formula is C24H41IN4O. The molecule has 0 saturated carbocycles.